The van der Waals surface area contributed by atoms with Gasteiger partial charge >= 0.3 is 0 Å². The summed E-state index contributed by atoms with van der Waals surface area (Å²) in [6, 6.07) is 2.08. The quantitative estimate of drug-likeness (QED) is 0.812. The van der Waals surface area contributed by atoms with Crippen molar-refractivity contribution in [3.8, 4) is 0 Å². The van der Waals surface area contributed by atoms with E-state index in [1.807, 2.05) is 6.92 Å². The van der Waals surface area contributed by atoms with E-state index in [0.29, 0.717) is 0 Å². The van der Waals surface area contributed by atoms with Crippen molar-refractivity contribution in [2.24, 2.45) is 0 Å². The molecule has 2 saturated heterocycles. The van der Waals surface area contributed by atoms with Crippen LogP contribution in [0.15, 0.2) is 6.07 Å². The first-order chi connectivity index (χ1) is 9.33. The third-order valence-corrected chi connectivity index (χ3v) is 3.56. The number of piperazine rings is 1. The molecule has 0 bridgehead atoms. The predicted molar refractivity (Wildman–Crippen MR) is 74.9 cm³/mol. The van der Waals surface area contributed by atoms with E-state index in [9.17, 15) is 0 Å². The van der Waals surface area contributed by atoms with Crippen molar-refractivity contribution in [2.75, 3.05) is 62.3 Å². The lowest BCUT2D eigenvalue weighted by molar-refractivity contribution is 0.122. The topological polar surface area (TPSA) is 53.5 Å². The second-order valence-electron chi connectivity index (χ2n) is 5.00. The molecule has 0 unspecified atom stereocenters. The van der Waals surface area contributed by atoms with Crippen LogP contribution >= 0.6 is 0 Å². The van der Waals surface area contributed by atoms with Crippen molar-refractivity contribution in [1.29, 1.82) is 0 Å². The van der Waals surface area contributed by atoms with Crippen LogP contribution in [0.5, 0.6) is 0 Å². The molecular formula is C13H21N5O. The molecule has 0 spiro atoms. The van der Waals surface area contributed by atoms with Gasteiger partial charge in [0.15, 0.2) is 0 Å². The zero-order valence-corrected chi connectivity index (χ0v) is 11.4. The number of ether oxygens (including phenoxy) is 1. The first kappa shape index (κ1) is 12.6. The SMILES string of the molecule is Cc1cc(N2CCNCC2)nc(N2CCOCC2)n1. The van der Waals surface area contributed by atoms with Gasteiger partial charge in [0.2, 0.25) is 5.95 Å². The maximum Gasteiger partial charge on any atom is 0.227 e. The lowest BCUT2D eigenvalue weighted by Crippen LogP contribution is -2.44. The molecule has 1 aromatic rings. The average molecular weight is 263 g/mol. The minimum absolute atomic E-state index is 0.764. The van der Waals surface area contributed by atoms with E-state index in [2.05, 4.69) is 26.2 Å². The van der Waals surface area contributed by atoms with Crippen LogP contribution in [-0.4, -0.2) is 62.5 Å². The highest BCUT2D eigenvalue weighted by atomic mass is 16.5. The fourth-order valence-corrected chi connectivity index (χ4v) is 2.50. The van der Waals surface area contributed by atoms with E-state index in [4.69, 9.17) is 9.72 Å². The summed E-state index contributed by atoms with van der Waals surface area (Å²) in [5.41, 5.74) is 1.03. The van der Waals surface area contributed by atoms with Gasteiger partial charge in [-0.1, -0.05) is 0 Å². The highest BCUT2D eigenvalue weighted by Gasteiger charge is 2.18. The molecule has 0 radical (unpaired) electrons. The number of aromatic nitrogens is 2. The summed E-state index contributed by atoms with van der Waals surface area (Å²) >= 11 is 0. The van der Waals surface area contributed by atoms with Gasteiger partial charge in [-0.25, -0.2) is 4.98 Å². The van der Waals surface area contributed by atoms with Gasteiger partial charge in [0.05, 0.1) is 13.2 Å². The molecule has 1 aromatic heterocycles. The smallest absolute Gasteiger partial charge is 0.227 e. The van der Waals surface area contributed by atoms with E-state index in [1.54, 1.807) is 0 Å². The molecule has 0 amide bonds. The third-order valence-electron chi connectivity index (χ3n) is 3.56. The number of hydrogen-bond acceptors (Lipinski definition) is 6. The molecule has 19 heavy (non-hydrogen) atoms. The number of anilines is 2. The maximum atomic E-state index is 5.38. The first-order valence-corrected chi connectivity index (χ1v) is 6.97. The van der Waals surface area contributed by atoms with E-state index in [1.165, 1.54) is 0 Å². The number of morpholine rings is 1. The Kier molecular flexibility index (Phi) is 3.79. The first-order valence-electron chi connectivity index (χ1n) is 6.97. The summed E-state index contributed by atoms with van der Waals surface area (Å²) in [6.45, 7) is 9.40. The van der Waals surface area contributed by atoms with Crippen molar-refractivity contribution in [1.82, 2.24) is 15.3 Å². The summed E-state index contributed by atoms with van der Waals surface area (Å²) in [5.74, 6) is 1.90. The van der Waals surface area contributed by atoms with Crippen molar-refractivity contribution < 1.29 is 4.74 Å². The van der Waals surface area contributed by atoms with Crippen LogP contribution in [0.4, 0.5) is 11.8 Å². The molecule has 0 saturated carbocycles. The largest absolute Gasteiger partial charge is 0.378 e. The summed E-state index contributed by atoms with van der Waals surface area (Å²) in [7, 11) is 0. The molecule has 1 N–H and O–H groups in total. The standard InChI is InChI=1S/C13H21N5O/c1-11-10-12(17-4-2-14-3-5-17)16-13(15-11)18-6-8-19-9-7-18/h10,14H,2-9H2,1H3. The second kappa shape index (κ2) is 5.71. The molecule has 0 atom stereocenters. The fourth-order valence-electron chi connectivity index (χ4n) is 2.50. The van der Waals surface area contributed by atoms with Crippen LogP contribution in [0, 0.1) is 6.92 Å². The van der Waals surface area contributed by atoms with Crippen LogP contribution in [0.3, 0.4) is 0 Å². The molecule has 2 aliphatic rings. The van der Waals surface area contributed by atoms with Gasteiger partial charge in [0, 0.05) is 51.0 Å². The molecule has 2 aliphatic heterocycles. The third kappa shape index (κ3) is 2.96. The van der Waals surface area contributed by atoms with Crippen molar-refractivity contribution >= 4 is 11.8 Å². The van der Waals surface area contributed by atoms with Crippen LogP contribution < -0.4 is 15.1 Å². The van der Waals surface area contributed by atoms with E-state index < -0.39 is 0 Å². The van der Waals surface area contributed by atoms with Gasteiger partial charge in [0.1, 0.15) is 5.82 Å². The summed E-state index contributed by atoms with van der Waals surface area (Å²) in [6.07, 6.45) is 0. The Hall–Kier alpha value is -1.40. The highest BCUT2D eigenvalue weighted by Crippen LogP contribution is 2.18. The molecule has 0 aliphatic carbocycles. The van der Waals surface area contributed by atoms with Gasteiger partial charge in [-0.05, 0) is 6.92 Å². The van der Waals surface area contributed by atoms with Gasteiger partial charge in [-0.2, -0.15) is 4.98 Å². The normalized spacial score (nSPS) is 20.7. The Balaban J connectivity index is 1.82. The van der Waals surface area contributed by atoms with Gasteiger partial charge in [-0.3, -0.25) is 0 Å². The Bertz CT molecular complexity index is 391. The second-order valence-corrected chi connectivity index (χ2v) is 5.00. The van der Waals surface area contributed by atoms with Crippen molar-refractivity contribution in [3.63, 3.8) is 0 Å². The van der Waals surface area contributed by atoms with Crippen LogP contribution in [0.25, 0.3) is 0 Å². The summed E-state index contributed by atoms with van der Waals surface area (Å²) in [5, 5.41) is 3.37. The van der Waals surface area contributed by atoms with Gasteiger partial charge < -0.3 is 19.9 Å². The molecule has 3 heterocycles. The van der Waals surface area contributed by atoms with Gasteiger partial charge in [-0.15, -0.1) is 0 Å². The van der Waals surface area contributed by atoms with E-state index >= 15 is 0 Å². The molecule has 0 aromatic carbocycles. The fraction of sp³-hybridized carbons (Fsp3) is 0.692. The number of aryl methyl sites for hydroxylation is 1. The Morgan fingerprint density at radius 1 is 1.05 bits per heavy atom. The monoisotopic (exact) mass is 263 g/mol. The van der Waals surface area contributed by atoms with Crippen molar-refractivity contribution in [3.05, 3.63) is 11.8 Å². The zero-order chi connectivity index (χ0) is 13.1. The molecule has 3 rings (SSSR count). The van der Waals surface area contributed by atoms with E-state index in [0.717, 1.165) is 69.9 Å². The van der Waals surface area contributed by atoms with Crippen LogP contribution in [0.2, 0.25) is 0 Å². The molecule has 6 nitrogen and oxygen atoms in total. The minimum atomic E-state index is 0.764. The zero-order valence-electron chi connectivity index (χ0n) is 11.4. The number of nitrogens with one attached hydrogen (secondary N) is 1. The summed E-state index contributed by atoms with van der Waals surface area (Å²) in [4.78, 5) is 13.8. The lowest BCUT2D eigenvalue weighted by atomic mass is 10.3. The average Bonchev–Trinajstić information content (AvgIpc) is 2.48. The van der Waals surface area contributed by atoms with Crippen LogP contribution in [-0.2, 0) is 4.74 Å². The Morgan fingerprint density at radius 3 is 2.53 bits per heavy atom. The molecule has 2 fully saturated rings. The summed E-state index contributed by atoms with van der Waals surface area (Å²) < 4.78 is 5.38. The molecule has 104 valence electrons. The molecular weight excluding hydrogens is 242 g/mol. The Labute approximate surface area is 113 Å². The van der Waals surface area contributed by atoms with E-state index in [-0.39, 0.29) is 0 Å². The lowest BCUT2D eigenvalue weighted by Gasteiger charge is -2.31. The number of hydrogen-bond donors (Lipinski definition) is 1. The van der Waals surface area contributed by atoms with Crippen molar-refractivity contribution in [2.45, 2.75) is 6.92 Å². The van der Waals surface area contributed by atoms with Crippen LogP contribution in [0.1, 0.15) is 5.69 Å². The highest BCUT2D eigenvalue weighted by molar-refractivity contribution is 5.46. The number of rotatable bonds is 2. The number of nitrogens with zero attached hydrogens (tertiary/aromatic N) is 4. The molecule has 6 heteroatoms. The Morgan fingerprint density at radius 2 is 1.79 bits per heavy atom. The maximum absolute atomic E-state index is 5.38. The predicted octanol–water partition coefficient (Wildman–Crippen LogP) is 0.0312. The van der Waals surface area contributed by atoms with Gasteiger partial charge in [0.25, 0.3) is 0 Å². The minimum Gasteiger partial charge on any atom is -0.378 e.